The zero-order valence-electron chi connectivity index (χ0n) is 21.3. The molecule has 0 saturated heterocycles. The Balaban J connectivity index is 1.83. The van der Waals surface area contributed by atoms with Gasteiger partial charge in [0.25, 0.3) is 0 Å². The van der Waals surface area contributed by atoms with Gasteiger partial charge in [0.2, 0.25) is 0 Å². The molecule has 0 aromatic heterocycles. The number of ketones is 1. The summed E-state index contributed by atoms with van der Waals surface area (Å²) < 4.78 is 16.8. The van der Waals surface area contributed by atoms with Crippen LogP contribution in [0.1, 0.15) is 63.0 Å². The van der Waals surface area contributed by atoms with Crippen LogP contribution in [0.5, 0.6) is 11.5 Å². The van der Waals surface area contributed by atoms with Crippen LogP contribution in [0.25, 0.3) is 0 Å². The Morgan fingerprint density at radius 1 is 1.11 bits per heavy atom. The van der Waals surface area contributed by atoms with Gasteiger partial charge < -0.3 is 19.5 Å². The van der Waals surface area contributed by atoms with Crippen molar-refractivity contribution in [1.29, 1.82) is 0 Å². The van der Waals surface area contributed by atoms with Gasteiger partial charge in [-0.1, -0.05) is 36.7 Å². The molecule has 1 N–H and O–H groups in total. The van der Waals surface area contributed by atoms with Gasteiger partial charge in [-0.25, -0.2) is 4.79 Å². The largest absolute Gasteiger partial charge is 0.497 e. The number of allylic oxidation sites excluding steroid dienone is 3. The molecule has 1 heterocycles. The molecular weight excluding hydrogens is 478 g/mol. The van der Waals surface area contributed by atoms with Gasteiger partial charge in [-0.2, -0.15) is 0 Å². The van der Waals surface area contributed by atoms with E-state index in [9.17, 15) is 9.59 Å². The van der Waals surface area contributed by atoms with Crippen LogP contribution in [-0.2, 0) is 14.3 Å². The molecule has 0 bridgehead atoms. The van der Waals surface area contributed by atoms with Crippen molar-refractivity contribution in [2.75, 3.05) is 14.2 Å². The van der Waals surface area contributed by atoms with Gasteiger partial charge >= 0.3 is 5.97 Å². The maximum Gasteiger partial charge on any atom is 0.337 e. The van der Waals surface area contributed by atoms with Gasteiger partial charge in [0.15, 0.2) is 5.78 Å². The summed E-state index contributed by atoms with van der Waals surface area (Å²) in [6.07, 6.45) is 1.42. The second-order valence-corrected chi connectivity index (χ2v) is 9.74. The van der Waals surface area contributed by atoms with E-state index in [1.54, 1.807) is 20.3 Å². The first-order valence-electron chi connectivity index (χ1n) is 12.2. The zero-order chi connectivity index (χ0) is 26.0. The van der Waals surface area contributed by atoms with Crippen LogP contribution < -0.4 is 14.8 Å². The lowest BCUT2D eigenvalue weighted by Crippen LogP contribution is -2.36. The van der Waals surface area contributed by atoms with Crippen molar-refractivity contribution >= 4 is 23.4 Å². The lowest BCUT2D eigenvalue weighted by Gasteiger charge is -2.37. The summed E-state index contributed by atoms with van der Waals surface area (Å²) >= 11 is 6.08. The summed E-state index contributed by atoms with van der Waals surface area (Å²) in [6, 6.07) is 13.1. The van der Waals surface area contributed by atoms with E-state index in [1.807, 2.05) is 57.2 Å². The number of benzene rings is 2. The van der Waals surface area contributed by atoms with E-state index in [2.05, 4.69) is 5.32 Å². The third-order valence-electron chi connectivity index (χ3n) is 7.02. The van der Waals surface area contributed by atoms with Gasteiger partial charge in [0.05, 0.1) is 31.8 Å². The highest BCUT2D eigenvalue weighted by molar-refractivity contribution is 6.30. The predicted molar refractivity (Wildman–Crippen MR) is 139 cm³/mol. The number of halogens is 1. The highest BCUT2D eigenvalue weighted by Crippen LogP contribution is 2.48. The smallest absolute Gasteiger partial charge is 0.337 e. The first kappa shape index (κ1) is 25.8. The van der Waals surface area contributed by atoms with Gasteiger partial charge in [0.1, 0.15) is 11.5 Å². The highest BCUT2D eigenvalue weighted by Gasteiger charge is 2.42. The van der Waals surface area contributed by atoms with E-state index in [0.717, 1.165) is 16.8 Å². The van der Waals surface area contributed by atoms with E-state index in [4.69, 9.17) is 25.8 Å². The van der Waals surface area contributed by atoms with Gasteiger partial charge in [-0.05, 0) is 56.4 Å². The molecule has 0 saturated carbocycles. The van der Waals surface area contributed by atoms with Crippen LogP contribution in [0, 0.1) is 0 Å². The molecule has 4 rings (SSSR count). The van der Waals surface area contributed by atoms with E-state index in [1.165, 1.54) is 0 Å². The number of methoxy groups -OCH3 is 2. The van der Waals surface area contributed by atoms with Gasteiger partial charge in [0, 0.05) is 40.0 Å². The summed E-state index contributed by atoms with van der Waals surface area (Å²) in [5.74, 6) is 0.130. The molecule has 0 unspecified atom stereocenters. The van der Waals surface area contributed by atoms with Crippen LogP contribution in [0.2, 0.25) is 5.02 Å². The molecule has 1 aliphatic heterocycles. The lowest BCUT2D eigenvalue weighted by molar-refractivity contribution is -0.144. The third-order valence-corrected chi connectivity index (χ3v) is 7.28. The van der Waals surface area contributed by atoms with E-state index >= 15 is 0 Å². The molecule has 0 amide bonds. The second-order valence-electron chi connectivity index (χ2n) is 9.30. The molecular formula is C29H32ClNO5. The molecule has 1 aliphatic carbocycles. The predicted octanol–water partition coefficient (Wildman–Crippen LogP) is 6.06. The number of esters is 1. The van der Waals surface area contributed by atoms with Crippen molar-refractivity contribution in [2.45, 2.75) is 58.0 Å². The quantitative estimate of drug-likeness (QED) is 0.457. The standard InChI is InChI=1S/C29H32ClNO5/c1-6-16(2)36-29(33)26-17(3)31-23-13-19(18-7-9-20(30)10-8-18)14-24(32)28(23)27(26)22-12-11-21(34-4)15-25(22)35-5/h7-12,15-16,19,27,31H,6,13-14H2,1-5H3/t16-,19+,27-/m1/s1. The summed E-state index contributed by atoms with van der Waals surface area (Å²) in [5, 5.41) is 4.05. The van der Waals surface area contributed by atoms with Crippen molar-refractivity contribution in [3.63, 3.8) is 0 Å². The van der Waals surface area contributed by atoms with Gasteiger partial charge in [-0.15, -0.1) is 0 Å². The number of carbonyl (C=O) groups is 2. The number of Topliss-reactive ketones (excluding diaryl/α,β-unsaturated/α-hetero) is 1. The average molecular weight is 510 g/mol. The van der Waals surface area contributed by atoms with E-state index in [0.29, 0.717) is 52.6 Å². The maximum atomic E-state index is 13.8. The number of ether oxygens (including phenoxy) is 3. The van der Waals surface area contributed by atoms with Crippen molar-refractivity contribution < 1.29 is 23.8 Å². The Morgan fingerprint density at radius 3 is 2.47 bits per heavy atom. The Bertz CT molecular complexity index is 1230. The molecule has 2 aromatic rings. The summed E-state index contributed by atoms with van der Waals surface area (Å²) in [7, 11) is 3.15. The normalized spacial score (nSPS) is 20.4. The van der Waals surface area contributed by atoms with Crippen molar-refractivity contribution in [3.05, 3.63) is 81.2 Å². The highest BCUT2D eigenvalue weighted by atomic mass is 35.5. The van der Waals surface area contributed by atoms with E-state index in [-0.39, 0.29) is 17.8 Å². The Morgan fingerprint density at radius 2 is 1.83 bits per heavy atom. The number of hydrogen-bond donors (Lipinski definition) is 1. The Labute approximate surface area is 217 Å². The molecule has 36 heavy (non-hydrogen) atoms. The molecule has 6 nitrogen and oxygen atoms in total. The molecule has 7 heteroatoms. The minimum atomic E-state index is -0.614. The van der Waals surface area contributed by atoms with Crippen LogP contribution in [0.15, 0.2) is 65.0 Å². The van der Waals surface area contributed by atoms with Crippen LogP contribution in [0.4, 0.5) is 0 Å². The van der Waals surface area contributed by atoms with Crippen molar-refractivity contribution in [1.82, 2.24) is 5.32 Å². The summed E-state index contributed by atoms with van der Waals surface area (Å²) in [5.41, 5.74) is 4.30. The SMILES string of the molecule is CC[C@@H](C)OC(=O)C1=C(C)NC2=C(C(=O)C[C@@H](c3ccc(Cl)cc3)C2)[C@@H]1c1ccc(OC)cc1OC. The number of carbonyl (C=O) groups excluding carboxylic acids is 2. The molecule has 0 radical (unpaired) electrons. The minimum Gasteiger partial charge on any atom is -0.497 e. The molecule has 0 spiro atoms. The number of rotatable bonds is 7. The van der Waals surface area contributed by atoms with Crippen molar-refractivity contribution in [2.24, 2.45) is 0 Å². The monoisotopic (exact) mass is 509 g/mol. The fourth-order valence-corrected chi connectivity index (χ4v) is 5.10. The molecule has 2 aromatic carbocycles. The van der Waals surface area contributed by atoms with Crippen LogP contribution in [-0.4, -0.2) is 32.1 Å². The fourth-order valence-electron chi connectivity index (χ4n) is 4.98. The summed E-state index contributed by atoms with van der Waals surface area (Å²) in [4.78, 5) is 27.2. The van der Waals surface area contributed by atoms with E-state index < -0.39 is 11.9 Å². The fraction of sp³-hybridized carbons (Fsp3) is 0.379. The van der Waals surface area contributed by atoms with Crippen LogP contribution >= 0.6 is 11.6 Å². The molecule has 3 atom stereocenters. The zero-order valence-corrected chi connectivity index (χ0v) is 22.1. The lowest BCUT2D eigenvalue weighted by atomic mass is 9.71. The molecule has 190 valence electrons. The van der Waals surface area contributed by atoms with Gasteiger partial charge in [-0.3, -0.25) is 4.79 Å². The maximum absolute atomic E-state index is 13.8. The third kappa shape index (κ3) is 5.00. The summed E-state index contributed by atoms with van der Waals surface area (Å²) in [6.45, 7) is 5.68. The molecule has 2 aliphatic rings. The number of dihydropyridines is 1. The number of hydrogen-bond acceptors (Lipinski definition) is 6. The second kappa shape index (κ2) is 10.8. The Hall–Kier alpha value is -3.25. The topological polar surface area (TPSA) is 73.9 Å². The first-order chi connectivity index (χ1) is 17.3. The molecule has 0 fully saturated rings. The minimum absolute atomic E-state index is 0.00656. The van der Waals surface area contributed by atoms with Crippen LogP contribution in [0.3, 0.4) is 0 Å². The van der Waals surface area contributed by atoms with Crippen molar-refractivity contribution in [3.8, 4) is 11.5 Å². The number of nitrogens with one attached hydrogen (secondary N) is 1. The average Bonchev–Trinajstić information content (AvgIpc) is 2.87. The Kier molecular flexibility index (Phi) is 7.74. The first-order valence-corrected chi connectivity index (χ1v) is 12.6.